The van der Waals surface area contributed by atoms with E-state index in [-0.39, 0.29) is 11.8 Å². The number of benzene rings is 3. The fraction of sp³-hybridized carbons (Fsp3) is 0.314. The van der Waals surface area contributed by atoms with Crippen LogP contribution in [0.5, 0.6) is 11.5 Å². The van der Waals surface area contributed by atoms with Crippen LogP contribution < -0.4 is 19.7 Å². The number of carbonyl (C=O) groups excluding carboxylic acids is 2. The molecule has 1 saturated heterocycles. The van der Waals surface area contributed by atoms with Crippen molar-refractivity contribution in [1.82, 2.24) is 14.8 Å². The lowest BCUT2D eigenvalue weighted by Crippen LogP contribution is -2.33. The van der Waals surface area contributed by atoms with Gasteiger partial charge in [0.25, 0.3) is 11.8 Å². The van der Waals surface area contributed by atoms with Crippen LogP contribution in [-0.2, 0) is 13.1 Å². The highest BCUT2D eigenvalue weighted by atomic mass is 16.5. The van der Waals surface area contributed by atoms with Crippen LogP contribution in [0.15, 0.2) is 78.9 Å². The normalized spacial score (nSPS) is 16.3. The van der Waals surface area contributed by atoms with Crippen molar-refractivity contribution < 1.29 is 19.1 Å². The van der Waals surface area contributed by atoms with Gasteiger partial charge in [-0.15, -0.1) is 0 Å². The van der Waals surface area contributed by atoms with Crippen molar-refractivity contribution in [3.05, 3.63) is 101 Å². The first kappa shape index (κ1) is 28.6. The van der Waals surface area contributed by atoms with Gasteiger partial charge in [0.1, 0.15) is 17.2 Å². The molecule has 0 aliphatic carbocycles. The SMILES string of the molecule is COc1cccc(-c2ccc(C(=O)N3Cc4ccc(C(=O)NCCC5CCCN5C)n4Cc4ccccc43)cc2OC)c1. The second-order valence-corrected chi connectivity index (χ2v) is 11.3. The van der Waals surface area contributed by atoms with E-state index in [0.29, 0.717) is 42.7 Å². The minimum absolute atomic E-state index is 0.0815. The van der Waals surface area contributed by atoms with E-state index in [1.54, 1.807) is 25.2 Å². The number of methoxy groups -OCH3 is 2. The van der Waals surface area contributed by atoms with Gasteiger partial charge in [-0.2, -0.15) is 0 Å². The number of aromatic nitrogens is 1. The van der Waals surface area contributed by atoms with Crippen molar-refractivity contribution in [3.8, 4) is 22.6 Å². The number of para-hydroxylation sites is 1. The Labute approximate surface area is 252 Å². The lowest BCUT2D eigenvalue weighted by molar-refractivity contribution is 0.0940. The molecule has 2 amide bonds. The van der Waals surface area contributed by atoms with Gasteiger partial charge in [0, 0.05) is 35.1 Å². The molecule has 3 heterocycles. The molecule has 1 N–H and O–H groups in total. The molecule has 1 unspecified atom stereocenters. The van der Waals surface area contributed by atoms with Crippen LogP contribution in [0.2, 0.25) is 0 Å². The van der Waals surface area contributed by atoms with E-state index in [9.17, 15) is 9.59 Å². The Morgan fingerprint density at radius 3 is 2.58 bits per heavy atom. The van der Waals surface area contributed by atoms with Crippen LogP contribution in [-0.4, -0.2) is 61.7 Å². The van der Waals surface area contributed by atoms with Gasteiger partial charge in [-0.25, -0.2) is 0 Å². The van der Waals surface area contributed by atoms with E-state index in [1.165, 1.54) is 12.8 Å². The van der Waals surface area contributed by atoms with E-state index in [2.05, 4.69) is 17.3 Å². The van der Waals surface area contributed by atoms with Crippen LogP contribution in [0.3, 0.4) is 0 Å². The standard InChI is InChI=1S/C35H38N4O4/c1-37-19-7-10-27(37)17-18-36-34(40)32-16-14-28-23-39(31-12-5-4-8-26(31)22-38(28)32)35(41)25-13-15-30(33(21-25)43-3)24-9-6-11-29(20-24)42-2/h4-6,8-9,11-16,20-21,27H,7,10,17-19,22-23H2,1-3H3,(H,36,40). The van der Waals surface area contributed by atoms with Gasteiger partial charge >= 0.3 is 0 Å². The minimum Gasteiger partial charge on any atom is -0.497 e. The molecule has 0 radical (unpaired) electrons. The summed E-state index contributed by atoms with van der Waals surface area (Å²) in [4.78, 5) is 31.6. The predicted octanol–water partition coefficient (Wildman–Crippen LogP) is 5.60. The highest BCUT2D eigenvalue weighted by Gasteiger charge is 2.28. The van der Waals surface area contributed by atoms with E-state index < -0.39 is 0 Å². The zero-order chi connectivity index (χ0) is 29.9. The lowest BCUT2D eigenvalue weighted by Gasteiger charge is -2.23. The van der Waals surface area contributed by atoms with E-state index in [0.717, 1.165) is 46.8 Å². The van der Waals surface area contributed by atoms with E-state index in [1.807, 2.05) is 77.4 Å². The van der Waals surface area contributed by atoms with Crippen LogP contribution in [0.1, 0.15) is 51.4 Å². The number of fused-ring (bicyclic) bond motifs is 2. The summed E-state index contributed by atoms with van der Waals surface area (Å²) < 4.78 is 13.2. The molecule has 43 heavy (non-hydrogen) atoms. The molecular weight excluding hydrogens is 540 g/mol. The molecule has 0 saturated carbocycles. The van der Waals surface area contributed by atoms with Crippen molar-refractivity contribution >= 4 is 17.5 Å². The summed E-state index contributed by atoms with van der Waals surface area (Å²) in [6, 6.07) is 25.6. The Balaban J connectivity index is 1.26. The topological polar surface area (TPSA) is 76.0 Å². The second kappa shape index (κ2) is 12.4. The summed E-state index contributed by atoms with van der Waals surface area (Å²) in [7, 11) is 5.40. The largest absolute Gasteiger partial charge is 0.497 e. The minimum atomic E-state index is -0.135. The van der Waals surface area contributed by atoms with Crippen LogP contribution in [0.4, 0.5) is 5.69 Å². The summed E-state index contributed by atoms with van der Waals surface area (Å²) in [6.07, 6.45) is 3.35. The fourth-order valence-corrected chi connectivity index (χ4v) is 6.34. The maximum absolute atomic E-state index is 14.1. The Bertz CT molecular complexity index is 1640. The van der Waals surface area contributed by atoms with E-state index in [4.69, 9.17) is 9.47 Å². The molecule has 8 nitrogen and oxygen atoms in total. The zero-order valence-corrected chi connectivity index (χ0v) is 25.0. The van der Waals surface area contributed by atoms with Crippen molar-refractivity contribution in [1.29, 1.82) is 0 Å². The van der Waals surface area contributed by atoms with Gasteiger partial charge in [-0.05, 0) is 92.5 Å². The summed E-state index contributed by atoms with van der Waals surface area (Å²) in [6.45, 7) is 2.62. The summed E-state index contributed by atoms with van der Waals surface area (Å²) in [5.41, 5.74) is 5.67. The highest BCUT2D eigenvalue weighted by Crippen LogP contribution is 2.35. The molecule has 222 valence electrons. The third-order valence-corrected chi connectivity index (χ3v) is 8.74. The first-order chi connectivity index (χ1) is 21.0. The molecule has 1 atom stereocenters. The Morgan fingerprint density at radius 1 is 0.930 bits per heavy atom. The van der Waals surface area contributed by atoms with Crippen molar-refractivity contribution in [2.75, 3.05) is 39.3 Å². The number of nitrogens with zero attached hydrogens (tertiary/aromatic N) is 3. The maximum atomic E-state index is 14.1. The van der Waals surface area contributed by atoms with Crippen molar-refractivity contribution in [2.24, 2.45) is 0 Å². The van der Waals surface area contributed by atoms with Crippen LogP contribution >= 0.6 is 0 Å². The molecule has 0 bridgehead atoms. The number of likely N-dealkylation sites (tertiary alicyclic amines) is 1. The highest BCUT2D eigenvalue weighted by molar-refractivity contribution is 6.07. The summed E-state index contributed by atoms with van der Waals surface area (Å²) in [5, 5.41) is 3.14. The second-order valence-electron chi connectivity index (χ2n) is 11.3. The smallest absolute Gasteiger partial charge is 0.267 e. The molecule has 6 rings (SSSR count). The van der Waals surface area contributed by atoms with Gasteiger partial charge < -0.3 is 29.2 Å². The fourth-order valence-electron chi connectivity index (χ4n) is 6.34. The van der Waals surface area contributed by atoms with Gasteiger partial charge in [-0.3, -0.25) is 9.59 Å². The molecule has 8 heteroatoms. The number of rotatable bonds is 8. The molecule has 0 spiro atoms. The molecule has 1 fully saturated rings. The van der Waals surface area contributed by atoms with Crippen LogP contribution in [0.25, 0.3) is 11.1 Å². The monoisotopic (exact) mass is 578 g/mol. The molecule has 2 aliphatic heterocycles. The number of nitrogens with one attached hydrogen (secondary N) is 1. The lowest BCUT2D eigenvalue weighted by atomic mass is 10.0. The number of anilines is 1. The first-order valence-corrected chi connectivity index (χ1v) is 14.9. The third kappa shape index (κ3) is 5.75. The van der Waals surface area contributed by atoms with Gasteiger partial charge in [-0.1, -0.05) is 30.3 Å². The van der Waals surface area contributed by atoms with Crippen molar-refractivity contribution in [2.45, 2.75) is 38.4 Å². The molecule has 1 aromatic heterocycles. The number of carbonyl (C=O) groups is 2. The summed E-state index contributed by atoms with van der Waals surface area (Å²) >= 11 is 0. The molecule has 2 aliphatic rings. The Kier molecular flexibility index (Phi) is 8.20. The van der Waals surface area contributed by atoms with Crippen molar-refractivity contribution in [3.63, 3.8) is 0 Å². The third-order valence-electron chi connectivity index (χ3n) is 8.74. The quantitative estimate of drug-likeness (QED) is 0.295. The molecule has 3 aromatic carbocycles. The molecular formula is C35H38N4O4. The Hall–Kier alpha value is -4.56. The predicted molar refractivity (Wildman–Crippen MR) is 168 cm³/mol. The van der Waals surface area contributed by atoms with Gasteiger partial charge in [0.15, 0.2) is 0 Å². The number of hydrogen-bond acceptors (Lipinski definition) is 5. The molecule has 4 aromatic rings. The number of hydrogen-bond donors (Lipinski definition) is 1. The van der Waals surface area contributed by atoms with Gasteiger partial charge in [0.2, 0.25) is 0 Å². The first-order valence-electron chi connectivity index (χ1n) is 14.9. The van der Waals surface area contributed by atoms with Gasteiger partial charge in [0.05, 0.1) is 27.3 Å². The van der Waals surface area contributed by atoms with Crippen LogP contribution in [0, 0.1) is 0 Å². The summed E-state index contributed by atoms with van der Waals surface area (Å²) in [5.74, 6) is 1.14. The average molecular weight is 579 g/mol. The Morgan fingerprint density at radius 2 is 1.79 bits per heavy atom. The number of ether oxygens (including phenoxy) is 2. The number of amides is 2. The average Bonchev–Trinajstić information content (AvgIpc) is 3.60. The maximum Gasteiger partial charge on any atom is 0.267 e. The zero-order valence-electron chi connectivity index (χ0n) is 25.0. The van der Waals surface area contributed by atoms with E-state index >= 15 is 0 Å².